The van der Waals surface area contributed by atoms with E-state index in [0.717, 1.165) is 12.1 Å². The molecule has 0 radical (unpaired) electrons. The second-order valence-electron chi connectivity index (χ2n) is 5.40. The van der Waals surface area contributed by atoms with Gasteiger partial charge in [-0.2, -0.15) is 0 Å². The van der Waals surface area contributed by atoms with Crippen LogP contribution in [0.1, 0.15) is 10.4 Å². The van der Waals surface area contributed by atoms with Crippen LogP contribution >= 0.6 is 0 Å². The van der Waals surface area contributed by atoms with E-state index >= 15 is 0 Å². The maximum Gasteiger partial charge on any atom is 0.338 e. The molecular formula is C17H13FN2O7. The average Bonchev–Trinajstić information content (AvgIpc) is 2.67. The molecule has 0 aromatic heterocycles. The minimum Gasteiger partial charge on any atom is -0.486 e. The van der Waals surface area contributed by atoms with Gasteiger partial charge in [0.15, 0.2) is 18.1 Å². The predicted octanol–water partition coefficient (Wildman–Crippen LogP) is 2.30. The van der Waals surface area contributed by atoms with Gasteiger partial charge in [0.05, 0.1) is 16.6 Å². The average molecular weight is 376 g/mol. The molecule has 0 aliphatic carbocycles. The number of ether oxygens (including phenoxy) is 3. The first-order valence-corrected chi connectivity index (χ1v) is 7.74. The number of nitro groups is 1. The predicted molar refractivity (Wildman–Crippen MR) is 89.4 cm³/mol. The second kappa shape index (κ2) is 7.68. The summed E-state index contributed by atoms with van der Waals surface area (Å²) in [6.45, 7) is 0.0820. The van der Waals surface area contributed by atoms with Gasteiger partial charge in [-0.25, -0.2) is 9.18 Å². The minimum atomic E-state index is -0.833. The number of halogens is 1. The fourth-order valence-electron chi connectivity index (χ4n) is 2.33. The second-order valence-corrected chi connectivity index (χ2v) is 5.40. The molecule has 0 saturated carbocycles. The van der Waals surface area contributed by atoms with E-state index < -0.39 is 34.9 Å². The van der Waals surface area contributed by atoms with Crippen molar-refractivity contribution >= 4 is 23.3 Å². The zero-order chi connectivity index (χ0) is 19.4. The lowest BCUT2D eigenvalue weighted by molar-refractivity contribution is -0.384. The molecule has 0 saturated heterocycles. The Bertz CT molecular complexity index is 916. The van der Waals surface area contributed by atoms with E-state index in [1.807, 2.05) is 0 Å². The maximum atomic E-state index is 13.1. The number of hydrogen-bond donors (Lipinski definition) is 1. The molecule has 3 rings (SSSR count). The summed E-state index contributed by atoms with van der Waals surface area (Å²) in [5.74, 6) is -1.52. The molecule has 10 heteroatoms. The molecular weight excluding hydrogens is 363 g/mol. The highest BCUT2D eigenvalue weighted by Gasteiger charge is 2.19. The first-order chi connectivity index (χ1) is 12.9. The van der Waals surface area contributed by atoms with Gasteiger partial charge in [0.2, 0.25) is 0 Å². The number of nitrogens with one attached hydrogen (secondary N) is 1. The van der Waals surface area contributed by atoms with Gasteiger partial charge < -0.3 is 19.5 Å². The molecule has 1 aliphatic heterocycles. The number of nitro benzene ring substituents is 1. The summed E-state index contributed by atoms with van der Waals surface area (Å²) in [6, 6.07) is 7.12. The highest BCUT2D eigenvalue weighted by molar-refractivity contribution is 5.97. The summed E-state index contributed by atoms with van der Waals surface area (Å²) < 4.78 is 28.7. The zero-order valence-electron chi connectivity index (χ0n) is 13.8. The number of anilines is 1. The molecule has 9 nitrogen and oxygen atoms in total. The number of benzene rings is 2. The maximum absolute atomic E-state index is 13.1. The van der Waals surface area contributed by atoms with E-state index in [9.17, 15) is 24.1 Å². The normalized spacial score (nSPS) is 12.2. The van der Waals surface area contributed by atoms with Crippen LogP contribution in [-0.4, -0.2) is 36.6 Å². The standard InChI is InChI=1S/C17H13FN2O7/c18-11-2-3-12(13(8-11)20(23)24)19-16(21)9-27-17(22)10-1-4-14-15(7-10)26-6-5-25-14/h1-4,7-8H,5-6,9H2,(H,19,21). The molecule has 0 unspecified atom stereocenters. The van der Waals surface area contributed by atoms with Crippen molar-refractivity contribution < 1.29 is 33.1 Å². The van der Waals surface area contributed by atoms with Crippen LogP contribution in [0.2, 0.25) is 0 Å². The summed E-state index contributed by atoms with van der Waals surface area (Å²) >= 11 is 0. The quantitative estimate of drug-likeness (QED) is 0.483. The molecule has 0 fully saturated rings. The number of esters is 1. The van der Waals surface area contributed by atoms with Crippen molar-refractivity contribution in [2.24, 2.45) is 0 Å². The molecule has 1 heterocycles. The van der Waals surface area contributed by atoms with E-state index in [1.54, 1.807) is 6.07 Å². The Hall–Kier alpha value is -3.69. The van der Waals surface area contributed by atoms with E-state index in [4.69, 9.17) is 14.2 Å². The van der Waals surface area contributed by atoms with Crippen LogP contribution in [-0.2, 0) is 9.53 Å². The Morgan fingerprint density at radius 1 is 1.15 bits per heavy atom. The van der Waals surface area contributed by atoms with Crippen LogP contribution < -0.4 is 14.8 Å². The topological polar surface area (TPSA) is 117 Å². The number of amides is 1. The summed E-state index contributed by atoms with van der Waals surface area (Å²) in [5, 5.41) is 13.1. The van der Waals surface area contributed by atoms with Crippen molar-refractivity contribution in [2.75, 3.05) is 25.1 Å². The molecule has 1 aliphatic rings. The van der Waals surface area contributed by atoms with Gasteiger partial charge in [-0.1, -0.05) is 0 Å². The van der Waals surface area contributed by atoms with Gasteiger partial charge in [-0.3, -0.25) is 14.9 Å². The first kappa shape index (κ1) is 18.1. The van der Waals surface area contributed by atoms with Crippen LogP contribution in [0, 0.1) is 15.9 Å². The fraction of sp³-hybridized carbons (Fsp3) is 0.176. The third-order valence-electron chi connectivity index (χ3n) is 3.54. The highest BCUT2D eigenvalue weighted by atomic mass is 19.1. The lowest BCUT2D eigenvalue weighted by Gasteiger charge is -2.18. The van der Waals surface area contributed by atoms with Crippen molar-refractivity contribution in [3.05, 3.63) is 57.9 Å². The van der Waals surface area contributed by atoms with Gasteiger partial charge >= 0.3 is 5.97 Å². The summed E-state index contributed by atoms with van der Waals surface area (Å²) in [6.07, 6.45) is 0. The van der Waals surface area contributed by atoms with Gasteiger partial charge in [-0.15, -0.1) is 0 Å². The third kappa shape index (κ3) is 4.29. The lowest BCUT2D eigenvalue weighted by atomic mass is 10.2. The molecule has 140 valence electrons. The smallest absolute Gasteiger partial charge is 0.338 e. The molecule has 1 N–H and O–H groups in total. The summed E-state index contributed by atoms with van der Waals surface area (Å²) in [4.78, 5) is 34.0. The van der Waals surface area contributed by atoms with E-state index in [2.05, 4.69) is 5.32 Å². The number of hydrogen-bond acceptors (Lipinski definition) is 7. The van der Waals surface area contributed by atoms with Crippen LogP contribution in [0.3, 0.4) is 0 Å². The Morgan fingerprint density at radius 2 is 1.89 bits per heavy atom. The van der Waals surface area contributed by atoms with Crippen LogP contribution in [0.4, 0.5) is 15.8 Å². The van der Waals surface area contributed by atoms with E-state index in [-0.39, 0.29) is 11.3 Å². The van der Waals surface area contributed by atoms with Crippen LogP contribution in [0.15, 0.2) is 36.4 Å². The molecule has 1 amide bonds. The van der Waals surface area contributed by atoms with Crippen molar-refractivity contribution in [3.63, 3.8) is 0 Å². The number of carbonyl (C=O) groups excluding carboxylic acids is 2. The Kier molecular flexibility index (Phi) is 5.15. The molecule has 27 heavy (non-hydrogen) atoms. The van der Waals surface area contributed by atoms with E-state index in [0.29, 0.717) is 30.8 Å². The Labute approximate surface area is 151 Å². The summed E-state index contributed by atoms with van der Waals surface area (Å²) in [5.41, 5.74) is -0.664. The molecule has 0 spiro atoms. The van der Waals surface area contributed by atoms with Crippen molar-refractivity contribution in [1.82, 2.24) is 0 Å². The van der Waals surface area contributed by atoms with Gasteiger partial charge in [0.1, 0.15) is 24.7 Å². The number of fused-ring (bicyclic) bond motifs is 1. The molecule has 0 bridgehead atoms. The Morgan fingerprint density at radius 3 is 2.63 bits per heavy atom. The van der Waals surface area contributed by atoms with E-state index in [1.165, 1.54) is 12.1 Å². The number of rotatable bonds is 5. The summed E-state index contributed by atoms with van der Waals surface area (Å²) in [7, 11) is 0. The number of nitrogens with zero attached hydrogens (tertiary/aromatic N) is 1. The monoisotopic (exact) mass is 376 g/mol. The lowest BCUT2D eigenvalue weighted by Crippen LogP contribution is -2.21. The SMILES string of the molecule is O=C(COC(=O)c1ccc2c(c1)OCCO2)Nc1ccc(F)cc1[N+](=O)[O-]. The highest BCUT2D eigenvalue weighted by Crippen LogP contribution is 2.31. The molecule has 2 aromatic rings. The van der Waals surface area contributed by atoms with Crippen LogP contribution in [0.5, 0.6) is 11.5 Å². The van der Waals surface area contributed by atoms with Crippen molar-refractivity contribution in [3.8, 4) is 11.5 Å². The number of carbonyl (C=O) groups is 2. The molecule has 2 aromatic carbocycles. The van der Waals surface area contributed by atoms with Gasteiger partial charge in [0, 0.05) is 0 Å². The van der Waals surface area contributed by atoms with Gasteiger partial charge in [0.25, 0.3) is 11.6 Å². The van der Waals surface area contributed by atoms with Crippen molar-refractivity contribution in [1.29, 1.82) is 0 Å². The largest absolute Gasteiger partial charge is 0.486 e. The Balaban J connectivity index is 1.61. The van der Waals surface area contributed by atoms with Gasteiger partial charge in [-0.05, 0) is 30.3 Å². The van der Waals surface area contributed by atoms with Crippen LogP contribution in [0.25, 0.3) is 0 Å². The fourth-order valence-corrected chi connectivity index (χ4v) is 2.33. The first-order valence-electron chi connectivity index (χ1n) is 7.74. The molecule has 0 atom stereocenters. The third-order valence-corrected chi connectivity index (χ3v) is 3.54. The minimum absolute atomic E-state index is 0.153. The van der Waals surface area contributed by atoms with Crippen molar-refractivity contribution in [2.45, 2.75) is 0 Å². The zero-order valence-corrected chi connectivity index (χ0v) is 13.8.